The molecule has 4 heterocycles. The van der Waals surface area contributed by atoms with Crippen LogP contribution < -0.4 is 0 Å². The molecular weight excluding hydrogens is 1100 g/mol. The molecule has 0 aliphatic heterocycles. The molecule has 8 heteroatoms. The first-order valence-corrected chi connectivity index (χ1v) is 30.1. The Morgan fingerprint density at radius 2 is 0.722 bits per heavy atom. The Bertz CT molecular complexity index is 6090. The summed E-state index contributed by atoms with van der Waals surface area (Å²) in [4.78, 5) is 0. The van der Waals surface area contributed by atoms with Crippen molar-refractivity contribution in [2.45, 2.75) is 26.2 Å². The van der Waals surface area contributed by atoms with Gasteiger partial charge in [0.2, 0.25) is 0 Å². The second kappa shape index (κ2) is 19.5. The molecule has 0 unspecified atom stereocenters. The molecule has 0 amide bonds. The van der Waals surface area contributed by atoms with Crippen molar-refractivity contribution in [1.82, 2.24) is 18.3 Å². The molecule has 13 aromatic carbocycles. The van der Waals surface area contributed by atoms with Crippen LogP contribution in [0.15, 0.2) is 249 Å². The van der Waals surface area contributed by atoms with Gasteiger partial charge in [0, 0.05) is 54.5 Å². The van der Waals surface area contributed by atoms with Crippen molar-refractivity contribution < 1.29 is 0 Å². The first-order chi connectivity index (χ1) is 44.1. The number of hydrogen-bond donors (Lipinski definition) is 0. The smallest absolute Gasteiger partial charge is 0.103 e. The minimum Gasteiger partial charge on any atom is -0.309 e. The van der Waals surface area contributed by atoms with Crippen molar-refractivity contribution in [3.05, 3.63) is 277 Å². The van der Waals surface area contributed by atoms with Crippen LogP contribution in [0.1, 0.15) is 48.6 Å². The Morgan fingerprint density at radius 3 is 1.27 bits per heavy atom. The first-order valence-electron chi connectivity index (χ1n) is 30.1. The van der Waals surface area contributed by atoms with Gasteiger partial charge in [-0.15, -0.1) is 0 Å². The lowest BCUT2D eigenvalue weighted by atomic mass is 9.86. The van der Waals surface area contributed by atoms with E-state index in [1.807, 2.05) is 60.7 Å². The Kier molecular flexibility index (Phi) is 11.3. The third-order valence-corrected chi connectivity index (χ3v) is 18.6. The summed E-state index contributed by atoms with van der Waals surface area (Å²) in [7, 11) is 0. The summed E-state index contributed by atoms with van der Waals surface area (Å²) >= 11 is 0. The van der Waals surface area contributed by atoms with Crippen LogP contribution in [0.25, 0.3) is 154 Å². The van der Waals surface area contributed by atoms with Crippen molar-refractivity contribution >= 4 is 109 Å². The largest absolute Gasteiger partial charge is 0.309 e. The van der Waals surface area contributed by atoms with E-state index in [-0.39, 0.29) is 5.41 Å². The summed E-state index contributed by atoms with van der Waals surface area (Å²) in [5.74, 6) is 0. The summed E-state index contributed by atoms with van der Waals surface area (Å²) < 4.78 is 8.80. The van der Waals surface area contributed by atoms with Crippen LogP contribution in [0.3, 0.4) is 0 Å². The topological polar surface area (TPSA) is 115 Å². The maximum absolute atomic E-state index is 10.9. The van der Waals surface area contributed by atoms with E-state index in [9.17, 15) is 21.0 Å². The molecule has 90 heavy (non-hydrogen) atoms. The molecule has 0 fully saturated rings. The van der Waals surface area contributed by atoms with E-state index in [0.29, 0.717) is 33.6 Å². The molecule has 8 nitrogen and oxygen atoms in total. The highest BCUT2D eigenvalue weighted by molar-refractivity contribution is 6.24. The molecule has 0 radical (unpaired) electrons. The van der Waals surface area contributed by atoms with E-state index in [0.717, 1.165) is 142 Å². The van der Waals surface area contributed by atoms with E-state index in [2.05, 4.69) is 251 Å². The lowest BCUT2D eigenvalue weighted by Gasteiger charge is -2.19. The number of benzene rings is 13. The third-order valence-electron chi connectivity index (χ3n) is 18.6. The van der Waals surface area contributed by atoms with Crippen molar-refractivity contribution in [1.29, 1.82) is 21.0 Å². The summed E-state index contributed by atoms with van der Waals surface area (Å²) in [6.07, 6.45) is 0. The third kappa shape index (κ3) is 7.50. The van der Waals surface area contributed by atoms with E-state index in [4.69, 9.17) is 0 Å². The molecule has 4 aromatic heterocycles. The fourth-order valence-electron chi connectivity index (χ4n) is 14.6. The number of nitriles is 4. The minimum absolute atomic E-state index is 0.140. The van der Waals surface area contributed by atoms with Gasteiger partial charge in [-0.05, 0) is 146 Å². The first kappa shape index (κ1) is 51.9. The predicted octanol–water partition coefficient (Wildman–Crippen LogP) is 20.5. The van der Waals surface area contributed by atoms with Crippen molar-refractivity contribution in [2.75, 3.05) is 0 Å². The fraction of sp³-hybridized carbons (Fsp3) is 0.0488. The van der Waals surface area contributed by atoms with E-state index in [1.165, 1.54) is 5.56 Å². The number of rotatable bonds is 6. The lowest BCUT2D eigenvalue weighted by molar-refractivity contribution is 0.591. The quantitative estimate of drug-likeness (QED) is 0.165. The molecule has 418 valence electrons. The Hall–Kier alpha value is -12.5. The van der Waals surface area contributed by atoms with E-state index in [1.54, 1.807) is 0 Å². The zero-order chi connectivity index (χ0) is 60.7. The molecule has 0 aliphatic rings. The minimum atomic E-state index is -0.140. The van der Waals surface area contributed by atoms with Crippen LogP contribution in [0, 0.1) is 45.3 Å². The second-order valence-corrected chi connectivity index (χ2v) is 24.5. The average molecular weight is 1150 g/mol. The Morgan fingerprint density at radius 1 is 0.289 bits per heavy atom. The summed E-state index contributed by atoms with van der Waals surface area (Å²) in [5.41, 5.74) is 17.2. The van der Waals surface area contributed by atoms with Crippen LogP contribution >= 0.6 is 0 Å². The Balaban J connectivity index is 0.844. The number of para-hydroxylation sites is 4. The maximum Gasteiger partial charge on any atom is 0.103 e. The maximum atomic E-state index is 10.9. The standard InChI is InChI=1S/C82H50N8/c1-82(2,3)55-32-36-75-67(42-55)81-65-25-15-24-58(60(65)33-37-77(81)88(75)57-40-54(46-84)69(48-86)79(44-57)90-72-28-12-8-22-63(72)64-23-9-13-29-73(64)90)52-18-14-17-50(38-52)51-31-34-74-66(41-51)80-59-19-5-4-16-49(59)30-35-76(80)87(74)56-39-53(45-83)68(47-85)78(43-56)89-70-26-10-6-20-61(70)62-21-7-11-27-71(62)89/h4-44H,1-3H3. The highest BCUT2D eigenvalue weighted by atomic mass is 15.0. The van der Waals surface area contributed by atoms with Gasteiger partial charge in [-0.1, -0.05) is 178 Å². The van der Waals surface area contributed by atoms with Crippen LogP contribution in [-0.4, -0.2) is 18.3 Å². The number of hydrogen-bond acceptors (Lipinski definition) is 4. The van der Waals surface area contributed by atoms with Gasteiger partial charge in [0.1, 0.15) is 24.3 Å². The van der Waals surface area contributed by atoms with Crippen LogP contribution in [-0.2, 0) is 5.41 Å². The Labute approximate surface area is 517 Å². The molecule has 0 saturated heterocycles. The van der Waals surface area contributed by atoms with Crippen LogP contribution in [0.4, 0.5) is 0 Å². The lowest BCUT2D eigenvalue weighted by Crippen LogP contribution is -2.10. The second-order valence-electron chi connectivity index (χ2n) is 24.5. The van der Waals surface area contributed by atoms with Crippen LogP contribution in [0.5, 0.6) is 0 Å². The zero-order valence-corrected chi connectivity index (χ0v) is 49.2. The molecule has 0 aliphatic carbocycles. The van der Waals surface area contributed by atoms with Gasteiger partial charge >= 0.3 is 0 Å². The molecule has 0 N–H and O–H groups in total. The van der Waals surface area contributed by atoms with Crippen molar-refractivity contribution in [3.63, 3.8) is 0 Å². The molecule has 17 rings (SSSR count). The number of nitrogens with zero attached hydrogens (tertiary/aromatic N) is 8. The van der Waals surface area contributed by atoms with Gasteiger partial charge in [0.25, 0.3) is 0 Å². The number of aromatic nitrogens is 4. The monoisotopic (exact) mass is 1150 g/mol. The molecule has 17 aromatic rings. The summed E-state index contributed by atoms with van der Waals surface area (Å²) in [5, 5.41) is 56.6. The van der Waals surface area contributed by atoms with Crippen LogP contribution in [0.2, 0.25) is 0 Å². The van der Waals surface area contributed by atoms with Crippen molar-refractivity contribution in [2.24, 2.45) is 0 Å². The molecule has 0 saturated carbocycles. The molecule has 0 bridgehead atoms. The predicted molar refractivity (Wildman–Crippen MR) is 367 cm³/mol. The van der Waals surface area contributed by atoms with Gasteiger partial charge in [-0.25, -0.2) is 0 Å². The van der Waals surface area contributed by atoms with Gasteiger partial charge in [-0.3, -0.25) is 0 Å². The summed E-state index contributed by atoms with van der Waals surface area (Å²) in [6, 6.07) is 96.9. The highest BCUT2D eigenvalue weighted by Crippen LogP contribution is 2.46. The molecule has 0 spiro atoms. The SMILES string of the molecule is CC(C)(C)c1ccc2c(c1)c1c3cccc(-c4cccc(-c5ccc6c(c5)c5c7ccccc7ccc5n6-c5cc(C#N)c(C#N)c(-n6c7ccccc7c7ccccc76)c5)c4)c3ccc1n2-c1cc(C#N)c(C#N)c(-n2c3ccccc3c3ccccc32)c1. The fourth-order valence-corrected chi connectivity index (χ4v) is 14.6. The van der Waals surface area contributed by atoms with Gasteiger partial charge in [-0.2, -0.15) is 21.0 Å². The van der Waals surface area contributed by atoms with Gasteiger partial charge in [0.05, 0.1) is 77.8 Å². The zero-order valence-electron chi connectivity index (χ0n) is 49.2. The number of fused-ring (bicyclic) bond motifs is 16. The van der Waals surface area contributed by atoms with E-state index < -0.39 is 0 Å². The summed E-state index contributed by atoms with van der Waals surface area (Å²) in [6.45, 7) is 6.74. The van der Waals surface area contributed by atoms with Gasteiger partial charge < -0.3 is 18.3 Å². The molecular formula is C82H50N8. The average Bonchev–Trinajstić information content (AvgIpc) is 1.59. The van der Waals surface area contributed by atoms with Crippen molar-refractivity contribution in [3.8, 4) is 69.3 Å². The normalized spacial score (nSPS) is 11.9. The highest BCUT2D eigenvalue weighted by Gasteiger charge is 2.26. The van der Waals surface area contributed by atoms with E-state index >= 15 is 0 Å². The van der Waals surface area contributed by atoms with Gasteiger partial charge in [0.15, 0.2) is 0 Å². The molecule has 0 atom stereocenters.